The van der Waals surface area contributed by atoms with Crippen LogP contribution in [-0.2, 0) is 21.7 Å². The standard InChI is InChI=1S/C74H76BN3/c1-70(2,3)54-31-34-57(35-32-54)76-66-48-58(78-64-38-29-52(49-23-15-12-16-24-49)43-60(64)73(10)41-21-22-42-74(73,78)11)36-37-61(66)75-62-44-53(50-25-17-13-18-26-50)30-39-65(62)77(68-47-56(72(7,8)9)46-67(76)69(68)75)63-40-33-55(71(4,5)6)45-59(63)51-27-19-14-20-28-51/h13-15,17-20,23-40,43-48H,12,16,21-22,41-42H2,1-11H3. The molecule has 5 aliphatic rings. The Bertz CT molecular complexity index is 3730. The summed E-state index contributed by atoms with van der Waals surface area (Å²) in [5.74, 6) is 0. The Morgan fingerprint density at radius 3 is 1.73 bits per heavy atom. The molecular weight excluding hydrogens is 942 g/mol. The van der Waals surface area contributed by atoms with Crippen LogP contribution in [0.1, 0.15) is 143 Å². The van der Waals surface area contributed by atoms with Crippen molar-refractivity contribution >= 4 is 74.2 Å². The van der Waals surface area contributed by atoms with E-state index in [1.54, 1.807) is 0 Å². The summed E-state index contributed by atoms with van der Waals surface area (Å²) in [6.07, 6.45) is 14.2. The Morgan fingerprint density at radius 1 is 0.436 bits per heavy atom. The van der Waals surface area contributed by atoms with Crippen molar-refractivity contribution in [2.75, 3.05) is 14.7 Å². The van der Waals surface area contributed by atoms with Crippen molar-refractivity contribution in [1.82, 2.24) is 0 Å². The third kappa shape index (κ3) is 7.98. The Kier molecular flexibility index (Phi) is 11.7. The van der Waals surface area contributed by atoms with Crippen molar-refractivity contribution in [3.8, 4) is 22.3 Å². The van der Waals surface area contributed by atoms with E-state index in [1.165, 1.54) is 137 Å². The van der Waals surface area contributed by atoms with E-state index >= 15 is 0 Å². The number of allylic oxidation sites excluding steroid dienone is 4. The Morgan fingerprint density at radius 2 is 1.05 bits per heavy atom. The fourth-order valence-corrected chi connectivity index (χ4v) is 14.2. The molecule has 390 valence electrons. The number of fused-ring (bicyclic) bond motifs is 7. The monoisotopic (exact) mass is 1020 g/mol. The van der Waals surface area contributed by atoms with Crippen LogP contribution in [0, 0.1) is 0 Å². The number of rotatable bonds is 6. The molecule has 3 nitrogen and oxygen atoms in total. The Balaban J connectivity index is 1.10. The molecule has 78 heavy (non-hydrogen) atoms. The van der Waals surface area contributed by atoms with Crippen molar-refractivity contribution in [1.29, 1.82) is 0 Å². The van der Waals surface area contributed by atoms with Gasteiger partial charge in [0.1, 0.15) is 0 Å². The molecule has 0 aromatic heterocycles. The summed E-state index contributed by atoms with van der Waals surface area (Å²) in [5.41, 5.74) is 26.7. The Hall–Kier alpha value is -7.30. The lowest BCUT2D eigenvalue weighted by atomic mass is 9.33. The van der Waals surface area contributed by atoms with E-state index in [-0.39, 0.29) is 33.9 Å². The van der Waals surface area contributed by atoms with E-state index in [1.807, 2.05) is 0 Å². The largest absolute Gasteiger partial charge is 0.334 e. The quantitative estimate of drug-likeness (QED) is 0.154. The van der Waals surface area contributed by atoms with Crippen LogP contribution in [0.25, 0.3) is 27.8 Å². The molecule has 3 aliphatic heterocycles. The first-order valence-corrected chi connectivity index (χ1v) is 29.1. The van der Waals surface area contributed by atoms with Gasteiger partial charge in [0.25, 0.3) is 6.71 Å². The normalized spacial score (nSPS) is 19.4. The summed E-state index contributed by atoms with van der Waals surface area (Å²) in [6.45, 7) is 26.2. The maximum atomic E-state index is 2.79. The molecule has 0 radical (unpaired) electrons. The molecule has 2 unspecified atom stereocenters. The van der Waals surface area contributed by atoms with Gasteiger partial charge < -0.3 is 14.7 Å². The third-order valence-corrected chi connectivity index (χ3v) is 18.9. The van der Waals surface area contributed by atoms with Gasteiger partial charge in [-0.05, 0) is 182 Å². The van der Waals surface area contributed by atoms with Crippen LogP contribution in [0.3, 0.4) is 0 Å². The number of hydrogen-bond acceptors (Lipinski definition) is 3. The van der Waals surface area contributed by atoms with Gasteiger partial charge in [0.2, 0.25) is 0 Å². The van der Waals surface area contributed by atoms with Crippen LogP contribution < -0.4 is 31.1 Å². The summed E-state index contributed by atoms with van der Waals surface area (Å²) < 4.78 is 0. The van der Waals surface area contributed by atoms with Gasteiger partial charge in [-0.3, -0.25) is 0 Å². The van der Waals surface area contributed by atoms with E-state index in [0.29, 0.717) is 0 Å². The molecular formula is C74H76BN3. The summed E-state index contributed by atoms with van der Waals surface area (Å²) in [4.78, 5) is 8.09. The molecule has 8 aromatic carbocycles. The predicted octanol–water partition coefficient (Wildman–Crippen LogP) is 18.5. The van der Waals surface area contributed by atoms with Gasteiger partial charge in [-0.25, -0.2) is 0 Å². The van der Waals surface area contributed by atoms with Crippen LogP contribution in [-0.4, -0.2) is 12.3 Å². The zero-order chi connectivity index (χ0) is 54.1. The van der Waals surface area contributed by atoms with E-state index in [9.17, 15) is 0 Å². The molecule has 0 saturated heterocycles. The molecule has 1 fully saturated rings. The molecule has 0 spiro atoms. The topological polar surface area (TPSA) is 9.72 Å². The molecule has 13 rings (SSSR count). The maximum Gasteiger partial charge on any atom is 0.252 e. The summed E-state index contributed by atoms with van der Waals surface area (Å²) in [5, 5.41) is 0. The lowest BCUT2D eigenvalue weighted by Crippen LogP contribution is -2.61. The van der Waals surface area contributed by atoms with Crippen molar-refractivity contribution in [3.05, 3.63) is 216 Å². The molecule has 1 saturated carbocycles. The van der Waals surface area contributed by atoms with Crippen LogP contribution >= 0.6 is 0 Å². The van der Waals surface area contributed by atoms with Crippen LogP contribution in [0.4, 0.5) is 45.5 Å². The van der Waals surface area contributed by atoms with Gasteiger partial charge in [-0.2, -0.15) is 0 Å². The molecule has 8 aromatic rings. The number of benzene rings is 8. The number of nitrogens with zero attached hydrogens (tertiary/aromatic N) is 3. The van der Waals surface area contributed by atoms with Crippen molar-refractivity contribution in [3.63, 3.8) is 0 Å². The first kappa shape index (κ1) is 50.2. The van der Waals surface area contributed by atoms with Crippen LogP contribution in [0.15, 0.2) is 188 Å². The Labute approximate surface area is 466 Å². The molecule has 3 heterocycles. The molecule has 2 atom stereocenters. The molecule has 2 aliphatic carbocycles. The van der Waals surface area contributed by atoms with Crippen molar-refractivity contribution in [2.45, 2.75) is 142 Å². The SMILES string of the molecule is CC(C)(C)c1ccc(N2c3cc(N4c5ccc(C6=CCCC=C6)cc5C5(C)CCCCC45C)ccc3B3c4cc(-c5ccccc5)ccc4N(c4ccc(C(C)(C)C)cc4-c4ccccc4)c4cc(C(C)(C)C)cc2c43)cc1. The van der Waals surface area contributed by atoms with Crippen LogP contribution in [0.5, 0.6) is 0 Å². The summed E-state index contributed by atoms with van der Waals surface area (Å²) >= 11 is 0. The average Bonchev–Trinajstić information content (AvgIpc) is 3.86. The van der Waals surface area contributed by atoms with Gasteiger partial charge in [-0.1, -0.05) is 203 Å². The third-order valence-electron chi connectivity index (χ3n) is 18.9. The first-order chi connectivity index (χ1) is 37.3. The van der Waals surface area contributed by atoms with Gasteiger partial charge in [0.15, 0.2) is 0 Å². The molecule has 0 amide bonds. The smallest absolute Gasteiger partial charge is 0.252 e. The highest BCUT2D eigenvalue weighted by Gasteiger charge is 2.58. The summed E-state index contributed by atoms with van der Waals surface area (Å²) in [7, 11) is 0. The minimum Gasteiger partial charge on any atom is -0.334 e. The second-order valence-corrected chi connectivity index (χ2v) is 26.8. The van der Waals surface area contributed by atoms with Gasteiger partial charge in [0.05, 0.1) is 11.2 Å². The summed E-state index contributed by atoms with van der Waals surface area (Å²) in [6, 6.07) is 66.4. The second kappa shape index (κ2) is 18.1. The van der Waals surface area contributed by atoms with Crippen LogP contribution in [0.2, 0.25) is 0 Å². The fraction of sp³-hybridized carbons (Fsp3) is 0.297. The maximum absolute atomic E-state index is 2.79. The van der Waals surface area contributed by atoms with Gasteiger partial charge >= 0.3 is 0 Å². The minimum atomic E-state index is -0.159. The number of hydrogen-bond donors (Lipinski definition) is 0. The zero-order valence-electron chi connectivity index (χ0n) is 48.1. The highest BCUT2D eigenvalue weighted by molar-refractivity contribution is 7.00. The predicted molar refractivity (Wildman–Crippen MR) is 337 cm³/mol. The van der Waals surface area contributed by atoms with Crippen molar-refractivity contribution < 1.29 is 0 Å². The lowest BCUT2D eigenvalue weighted by molar-refractivity contribution is 0.195. The average molecular weight is 1020 g/mol. The molecule has 4 heteroatoms. The first-order valence-electron chi connectivity index (χ1n) is 29.1. The molecule has 0 N–H and O–H groups in total. The van der Waals surface area contributed by atoms with E-state index in [0.717, 1.165) is 19.3 Å². The minimum absolute atomic E-state index is 0.0104. The highest BCUT2D eigenvalue weighted by atomic mass is 15.3. The van der Waals surface area contributed by atoms with Gasteiger partial charge in [0, 0.05) is 50.8 Å². The lowest BCUT2D eigenvalue weighted by Gasteiger charge is -2.50. The van der Waals surface area contributed by atoms with E-state index in [2.05, 4.69) is 279 Å². The fourth-order valence-electron chi connectivity index (χ4n) is 14.2. The van der Waals surface area contributed by atoms with E-state index < -0.39 is 0 Å². The zero-order valence-corrected chi connectivity index (χ0v) is 48.1. The van der Waals surface area contributed by atoms with Crippen molar-refractivity contribution in [2.24, 2.45) is 0 Å². The highest BCUT2D eigenvalue weighted by Crippen LogP contribution is 2.62. The second-order valence-electron chi connectivity index (χ2n) is 26.8. The number of anilines is 8. The van der Waals surface area contributed by atoms with Gasteiger partial charge in [-0.15, -0.1) is 0 Å². The van der Waals surface area contributed by atoms with E-state index in [4.69, 9.17) is 0 Å². The molecule has 0 bridgehead atoms.